The summed E-state index contributed by atoms with van der Waals surface area (Å²) in [5.41, 5.74) is 2.43. The number of halogens is 2. The first-order valence-corrected chi connectivity index (χ1v) is 7.96. The average Bonchev–Trinajstić information content (AvgIpc) is 2.42. The average molecular weight is 431 g/mol. The molecule has 0 atom stereocenters. The largest absolute Gasteiger partial charge is 0.332 e. The maximum atomic E-state index is 12.0. The van der Waals surface area contributed by atoms with Gasteiger partial charge in [-0.05, 0) is 89.8 Å². The Morgan fingerprint density at radius 3 is 2.48 bits per heavy atom. The van der Waals surface area contributed by atoms with Gasteiger partial charge in [-0.15, -0.1) is 0 Å². The van der Waals surface area contributed by atoms with Crippen molar-refractivity contribution < 1.29 is 4.79 Å². The smallest absolute Gasteiger partial charge is 0.257 e. The van der Waals surface area contributed by atoms with Gasteiger partial charge in [-0.2, -0.15) is 0 Å². The van der Waals surface area contributed by atoms with Crippen molar-refractivity contribution in [1.29, 1.82) is 0 Å². The van der Waals surface area contributed by atoms with E-state index in [2.05, 4.69) is 33.2 Å². The third-order valence-corrected chi connectivity index (χ3v) is 3.90. The minimum Gasteiger partial charge on any atom is -0.332 e. The Labute approximate surface area is 147 Å². The van der Waals surface area contributed by atoms with Crippen molar-refractivity contribution in [3.8, 4) is 0 Å². The number of thiocarbonyl (C=S) groups is 1. The fourth-order valence-corrected chi connectivity index (χ4v) is 2.67. The van der Waals surface area contributed by atoms with Crippen LogP contribution in [0.5, 0.6) is 0 Å². The first kappa shape index (κ1) is 16.2. The van der Waals surface area contributed by atoms with Crippen LogP contribution in [0.2, 0.25) is 5.02 Å². The predicted octanol–water partition coefficient (Wildman–Crippen LogP) is 4.38. The molecule has 0 aliphatic heterocycles. The van der Waals surface area contributed by atoms with E-state index < -0.39 is 0 Å². The first-order chi connectivity index (χ1) is 9.95. The number of benzene rings is 2. The highest BCUT2D eigenvalue weighted by Crippen LogP contribution is 2.17. The highest BCUT2D eigenvalue weighted by atomic mass is 127. The number of carbonyl (C=O) groups is 1. The van der Waals surface area contributed by atoms with Crippen LogP contribution < -0.4 is 10.6 Å². The van der Waals surface area contributed by atoms with E-state index in [1.165, 1.54) is 0 Å². The van der Waals surface area contributed by atoms with E-state index in [1.54, 1.807) is 24.3 Å². The second-order valence-corrected chi connectivity index (χ2v) is 6.46. The number of amides is 1. The Bertz CT molecular complexity index is 689. The molecule has 2 rings (SSSR count). The minimum absolute atomic E-state index is 0.263. The lowest BCUT2D eigenvalue weighted by Gasteiger charge is -2.12. The number of nitrogens with one attached hydrogen (secondary N) is 2. The SMILES string of the molecule is Cc1cc(I)ccc1NC(=S)NC(=O)c1ccc(Cl)cc1. The quantitative estimate of drug-likeness (QED) is 0.549. The predicted molar refractivity (Wildman–Crippen MR) is 99.0 cm³/mol. The molecule has 0 aliphatic rings. The summed E-state index contributed by atoms with van der Waals surface area (Å²) in [6, 6.07) is 12.6. The third kappa shape index (κ3) is 4.66. The number of rotatable bonds is 2. The van der Waals surface area contributed by atoms with Gasteiger partial charge < -0.3 is 5.32 Å². The normalized spacial score (nSPS) is 10.0. The summed E-state index contributed by atoms with van der Waals surface area (Å²) in [4.78, 5) is 12.0. The molecule has 0 radical (unpaired) electrons. The molecule has 2 N–H and O–H groups in total. The van der Waals surface area contributed by atoms with Crippen LogP contribution in [0.3, 0.4) is 0 Å². The monoisotopic (exact) mass is 430 g/mol. The molecule has 2 aromatic carbocycles. The molecule has 0 unspecified atom stereocenters. The van der Waals surface area contributed by atoms with Gasteiger partial charge in [-0.3, -0.25) is 10.1 Å². The van der Waals surface area contributed by atoms with Crippen molar-refractivity contribution in [1.82, 2.24) is 5.32 Å². The lowest BCUT2D eigenvalue weighted by molar-refractivity contribution is 0.0978. The molecular weight excluding hydrogens is 419 g/mol. The van der Waals surface area contributed by atoms with Crippen LogP contribution in [0.1, 0.15) is 15.9 Å². The fraction of sp³-hybridized carbons (Fsp3) is 0.0667. The molecule has 3 nitrogen and oxygen atoms in total. The third-order valence-electron chi connectivity index (χ3n) is 2.77. The number of anilines is 1. The Hall–Kier alpha value is -1.18. The molecule has 21 heavy (non-hydrogen) atoms. The summed E-state index contributed by atoms with van der Waals surface area (Å²) >= 11 is 13.2. The molecule has 0 aromatic heterocycles. The van der Waals surface area contributed by atoms with Gasteiger partial charge in [0, 0.05) is 19.8 Å². The molecule has 0 aliphatic carbocycles. The van der Waals surface area contributed by atoms with Crippen LogP contribution >= 0.6 is 46.4 Å². The van der Waals surface area contributed by atoms with E-state index in [0.29, 0.717) is 10.6 Å². The van der Waals surface area contributed by atoms with Gasteiger partial charge in [-0.1, -0.05) is 11.6 Å². The maximum Gasteiger partial charge on any atom is 0.257 e. The molecule has 0 fully saturated rings. The highest BCUT2D eigenvalue weighted by molar-refractivity contribution is 14.1. The van der Waals surface area contributed by atoms with Crippen LogP contribution in [0.4, 0.5) is 5.69 Å². The van der Waals surface area contributed by atoms with Crippen molar-refractivity contribution in [3.05, 3.63) is 62.2 Å². The van der Waals surface area contributed by atoms with Crippen molar-refractivity contribution >= 4 is 63.1 Å². The van der Waals surface area contributed by atoms with Crippen molar-refractivity contribution in [2.45, 2.75) is 6.92 Å². The van der Waals surface area contributed by atoms with Gasteiger partial charge in [0.05, 0.1) is 0 Å². The van der Waals surface area contributed by atoms with Crippen LogP contribution in [0, 0.1) is 10.5 Å². The second kappa shape index (κ2) is 7.20. The molecule has 108 valence electrons. The van der Waals surface area contributed by atoms with Crippen molar-refractivity contribution in [2.24, 2.45) is 0 Å². The lowest BCUT2D eigenvalue weighted by atomic mass is 10.2. The molecule has 6 heteroatoms. The van der Waals surface area contributed by atoms with Gasteiger partial charge in [0.2, 0.25) is 0 Å². The number of aryl methyl sites for hydroxylation is 1. The van der Waals surface area contributed by atoms with E-state index in [9.17, 15) is 4.79 Å². The molecule has 0 saturated heterocycles. The lowest BCUT2D eigenvalue weighted by Crippen LogP contribution is -2.34. The molecule has 0 heterocycles. The van der Waals surface area contributed by atoms with Gasteiger partial charge in [0.1, 0.15) is 0 Å². The number of hydrogen-bond donors (Lipinski definition) is 2. The first-order valence-electron chi connectivity index (χ1n) is 6.10. The Morgan fingerprint density at radius 1 is 1.19 bits per heavy atom. The Morgan fingerprint density at radius 2 is 1.86 bits per heavy atom. The van der Waals surface area contributed by atoms with Crippen molar-refractivity contribution in [2.75, 3.05) is 5.32 Å². The van der Waals surface area contributed by atoms with E-state index >= 15 is 0 Å². The maximum absolute atomic E-state index is 12.0. The summed E-state index contributed by atoms with van der Waals surface area (Å²) in [6.07, 6.45) is 0. The van der Waals surface area contributed by atoms with Gasteiger partial charge in [0.25, 0.3) is 5.91 Å². The number of hydrogen-bond acceptors (Lipinski definition) is 2. The molecule has 2 aromatic rings. The summed E-state index contributed by atoms with van der Waals surface area (Å²) in [5.74, 6) is -0.271. The highest BCUT2D eigenvalue weighted by Gasteiger charge is 2.08. The van der Waals surface area contributed by atoms with Crippen LogP contribution in [-0.2, 0) is 0 Å². The molecular formula is C15H12ClIN2OS. The molecule has 0 saturated carbocycles. The van der Waals surface area contributed by atoms with E-state index in [-0.39, 0.29) is 11.0 Å². The van der Waals surface area contributed by atoms with Gasteiger partial charge >= 0.3 is 0 Å². The zero-order chi connectivity index (χ0) is 15.4. The van der Waals surface area contributed by atoms with Crippen LogP contribution in [0.25, 0.3) is 0 Å². The van der Waals surface area contributed by atoms with E-state index in [4.69, 9.17) is 23.8 Å². The topological polar surface area (TPSA) is 41.1 Å². The molecule has 0 spiro atoms. The minimum atomic E-state index is -0.271. The summed E-state index contributed by atoms with van der Waals surface area (Å²) < 4.78 is 1.15. The zero-order valence-corrected chi connectivity index (χ0v) is 14.8. The fourth-order valence-electron chi connectivity index (χ4n) is 1.70. The second-order valence-electron chi connectivity index (χ2n) is 4.37. The molecule has 0 bridgehead atoms. The van der Waals surface area contributed by atoms with Crippen LogP contribution in [0.15, 0.2) is 42.5 Å². The Balaban J connectivity index is 2.01. The Kier molecular flexibility index (Phi) is 5.55. The standard InChI is InChI=1S/C15H12ClIN2OS/c1-9-8-12(17)6-7-13(9)18-15(21)19-14(20)10-2-4-11(16)5-3-10/h2-8H,1H3,(H2,18,19,20,21). The number of carbonyl (C=O) groups excluding carboxylic acids is 1. The van der Waals surface area contributed by atoms with Gasteiger partial charge in [0.15, 0.2) is 5.11 Å². The van der Waals surface area contributed by atoms with Crippen molar-refractivity contribution in [3.63, 3.8) is 0 Å². The molecule has 1 amide bonds. The van der Waals surface area contributed by atoms with E-state index in [1.807, 2.05) is 25.1 Å². The summed E-state index contributed by atoms with van der Waals surface area (Å²) in [7, 11) is 0. The van der Waals surface area contributed by atoms with Gasteiger partial charge in [-0.25, -0.2) is 0 Å². The van der Waals surface area contributed by atoms with Crippen LogP contribution in [-0.4, -0.2) is 11.0 Å². The summed E-state index contributed by atoms with van der Waals surface area (Å²) in [5, 5.41) is 6.51. The van der Waals surface area contributed by atoms with E-state index in [0.717, 1.165) is 14.8 Å². The summed E-state index contributed by atoms with van der Waals surface area (Å²) in [6.45, 7) is 1.98. The zero-order valence-electron chi connectivity index (χ0n) is 11.1.